The fraction of sp³-hybridized carbons (Fsp3) is 0.333. The second kappa shape index (κ2) is 5.00. The minimum Gasteiger partial charge on any atom is -0.508 e. The normalized spacial score (nSPS) is 14.4. The Kier molecular flexibility index (Phi) is 3.18. The molecule has 1 aromatic heterocycles. The van der Waals surface area contributed by atoms with E-state index in [1.807, 2.05) is 12.1 Å². The van der Waals surface area contributed by atoms with Crippen LogP contribution in [0, 0.1) is 5.92 Å². The molecule has 0 atom stereocenters. The number of hydrogen-bond donors (Lipinski definition) is 2. The molecular formula is C15H16N2O3. The Morgan fingerprint density at radius 2 is 2.15 bits per heavy atom. The lowest BCUT2D eigenvalue weighted by Gasteiger charge is -2.23. The quantitative estimate of drug-likeness (QED) is 0.873. The molecule has 1 saturated carbocycles. The molecule has 0 unspecified atom stereocenters. The molecule has 0 aliphatic heterocycles. The molecule has 0 bridgehead atoms. The molecule has 1 heterocycles. The van der Waals surface area contributed by atoms with Crippen molar-refractivity contribution in [2.75, 3.05) is 18.0 Å². The predicted molar refractivity (Wildman–Crippen MR) is 76.0 cm³/mol. The van der Waals surface area contributed by atoms with Gasteiger partial charge in [0.15, 0.2) is 0 Å². The number of aliphatic carboxylic acids is 1. The molecule has 3 rings (SSSR count). The van der Waals surface area contributed by atoms with Gasteiger partial charge in [-0.1, -0.05) is 6.07 Å². The summed E-state index contributed by atoms with van der Waals surface area (Å²) in [5.74, 6) is 0.481. The monoisotopic (exact) mass is 272 g/mol. The summed E-state index contributed by atoms with van der Waals surface area (Å²) in [5, 5.41) is 20.5. The number of phenolic OH excluding ortho intramolecular Hbond substituents is 1. The van der Waals surface area contributed by atoms with E-state index in [-0.39, 0.29) is 12.3 Å². The van der Waals surface area contributed by atoms with E-state index in [9.17, 15) is 9.90 Å². The zero-order chi connectivity index (χ0) is 14.1. The number of pyridine rings is 1. The topological polar surface area (TPSA) is 73.7 Å². The minimum absolute atomic E-state index is 0.0712. The number of nitrogens with zero attached hydrogens (tertiary/aromatic N) is 2. The first kappa shape index (κ1) is 12.7. The summed E-state index contributed by atoms with van der Waals surface area (Å²) in [6.07, 6.45) is 3.97. The van der Waals surface area contributed by atoms with Gasteiger partial charge in [0.1, 0.15) is 18.1 Å². The number of rotatable bonds is 5. The smallest absolute Gasteiger partial charge is 0.323 e. The van der Waals surface area contributed by atoms with Gasteiger partial charge in [0.2, 0.25) is 0 Å². The van der Waals surface area contributed by atoms with E-state index >= 15 is 0 Å². The summed E-state index contributed by atoms with van der Waals surface area (Å²) in [7, 11) is 0. The average Bonchev–Trinajstić information content (AvgIpc) is 3.20. The zero-order valence-corrected chi connectivity index (χ0v) is 11.0. The lowest BCUT2D eigenvalue weighted by atomic mass is 10.1. The van der Waals surface area contributed by atoms with Gasteiger partial charge < -0.3 is 15.1 Å². The third kappa shape index (κ3) is 2.66. The minimum atomic E-state index is -0.871. The number of aromatic nitrogens is 1. The van der Waals surface area contributed by atoms with Crippen molar-refractivity contribution in [2.24, 2.45) is 5.92 Å². The van der Waals surface area contributed by atoms with Gasteiger partial charge >= 0.3 is 5.97 Å². The Bertz CT molecular complexity index is 653. The van der Waals surface area contributed by atoms with Gasteiger partial charge in [0, 0.05) is 18.1 Å². The standard InChI is InChI=1S/C15H16N2O3/c18-12-4-3-11-5-6-16-15(13(11)7-12)17(9-14(19)20)8-10-1-2-10/h3-7,10,18H,1-2,8-9H2,(H,19,20). The van der Waals surface area contributed by atoms with Gasteiger partial charge in [-0.2, -0.15) is 0 Å². The largest absolute Gasteiger partial charge is 0.508 e. The highest BCUT2D eigenvalue weighted by Crippen LogP contribution is 2.33. The lowest BCUT2D eigenvalue weighted by molar-refractivity contribution is -0.135. The van der Waals surface area contributed by atoms with Crippen molar-refractivity contribution in [3.63, 3.8) is 0 Å². The number of carbonyl (C=O) groups is 1. The Morgan fingerprint density at radius 1 is 1.35 bits per heavy atom. The van der Waals surface area contributed by atoms with Crippen LogP contribution in [0.4, 0.5) is 5.82 Å². The molecule has 5 heteroatoms. The van der Waals surface area contributed by atoms with Crippen molar-refractivity contribution in [2.45, 2.75) is 12.8 Å². The maximum atomic E-state index is 11.1. The second-order valence-electron chi connectivity index (χ2n) is 5.26. The lowest BCUT2D eigenvalue weighted by Crippen LogP contribution is -2.32. The van der Waals surface area contributed by atoms with Crippen LogP contribution in [0.15, 0.2) is 30.5 Å². The number of benzene rings is 1. The fourth-order valence-corrected chi connectivity index (χ4v) is 2.39. The number of phenols is 1. The molecule has 1 aliphatic carbocycles. The Balaban J connectivity index is 2.03. The van der Waals surface area contributed by atoms with Gasteiger partial charge in [-0.05, 0) is 42.3 Å². The maximum Gasteiger partial charge on any atom is 0.323 e. The summed E-state index contributed by atoms with van der Waals surface area (Å²) in [6.45, 7) is 0.631. The zero-order valence-electron chi connectivity index (χ0n) is 11.0. The SMILES string of the molecule is O=C(O)CN(CC1CC1)c1nccc2ccc(O)cc12. The first-order valence-electron chi connectivity index (χ1n) is 6.68. The van der Waals surface area contributed by atoms with Crippen LogP contribution in [0.25, 0.3) is 10.8 Å². The van der Waals surface area contributed by atoms with Crippen molar-refractivity contribution in [3.8, 4) is 5.75 Å². The fourth-order valence-electron chi connectivity index (χ4n) is 2.39. The van der Waals surface area contributed by atoms with Gasteiger partial charge in [0.05, 0.1) is 0 Å². The molecule has 0 spiro atoms. The highest BCUT2D eigenvalue weighted by Gasteiger charge is 2.26. The molecular weight excluding hydrogens is 256 g/mol. The van der Waals surface area contributed by atoms with Crippen LogP contribution < -0.4 is 4.90 Å². The van der Waals surface area contributed by atoms with Gasteiger partial charge in [0.25, 0.3) is 0 Å². The van der Waals surface area contributed by atoms with Crippen molar-refractivity contribution >= 4 is 22.6 Å². The van der Waals surface area contributed by atoms with E-state index in [0.717, 1.165) is 23.6 Å². The van der Waals surface area contributed by atoms with E-state index in [1.54, 1.807) is 23.2 Å². The molecule has 104 valence electrons. The Labute approximate surface area is 116 Å². The van der Waals surface area contributed by atoms with E-state index in [4.69, 9.17) is 5.11 Å². The Morgan fingerprint density at radius 3 is 2.85 bits per heavy atom. The van der Waals surface area contributed by atoms with Crippen molar-refractivity contribution in [1.82, 2.24) is 4.98 Å². The number of anilines is 1. The van der Waals surface area contributed by atoms with Crippen LogP contribution in [0.5, 0.6) is 5.75 Å². The molecule has 0 amide bonds. The van der Waals surface area contributed by atoms with E-state index in [0.29, 0.717) is 18.3 Å². The third-order valence-electron chi connectivity index (χ3n) is 3.53. The van der Waals surface area contributed by atoms with Crippen LogP contribution in [-0.2, 0) is 4.79 Å². The van der Waals surface area contributed by atoms with E-state index < -0.39 is 5.97 Å². The maximum absolute atomic E-state index is 11.1. The molecule has 2 aromatic rings. The molecule has 1 fully saturated rings. The van der Waals surface area contributed by atoms with Crippen LogP contribution >= 0.6 is 0 Å². The average molecular weight is 272 g/mol. The van der Waals surface area contributed by atoms with E-state index in [1.165, 1.54) is 0 Å². The number of aromatic hydroxyl groups is 1. The number of carboxylic acids is 1. The first-order valence-corrected chi connectivity index (χ1v) is 6.68. The van der Waals surface area contributed by atoms with Gasteiger partial charge in [-0.25, -0.2) is 4.98 Å². The van der Waals surface area contributed by atoms with Crippen LogP contribution in [0.1, 0.15) is 12.8 Å². The highest BCUT2D eigenvalue weighted by molar-refractivity contribution is 5.94. The van der Waals surface area contributed by atoms with E-state index in [2.05, 4.69) is 4.98 Å². The molecule has 1 aromatic carbocycles. The molecule has 5 nitrogen and oxygen atoms in total. The first-order chi connectivity index (χ1) is 9.63. The second-order valence-corrected chi connectivity index (χ2v) is 5.26. The molecule has 1 aliphatic rings. The summed E-state index contributed by atoms with van der Waals surface area (Å²) in [5.41, 5.74) is 0. The summed E-state index contributed by atoms with van der Waals surface area (Å²) >= 11 is 0. The van der Waals surface area contributed by atoms with Gasteiger partial charge in [-0.3, -0.25) is 4.79 Å². The number of fused-ring (bicyclic) bond motifs is 1. The molecule has 0 saturated heterocycles. The summed E-state index contributed by atoms with van der Waals surface area (Å²) in [6, 6.07) is 6.92. The summed E-state index contributed by atoms with van der Waals surface area (Å²) < 4.78 is 0. The number of carboxylic acid groups (broad SMARTS) is 1. The molecule has 20 heavy (non-hydrogen) atoms. The molecule has 0 radical (unpaired) electrons. The molecule has 2 N–H and O–H groups in total. The highest BCUT2D eigenvalue weighted by atomic mass is 16.4. The van der Waals surface area contributed by atoms with Crippen LogP contribution in [-0.4, -0.2) is 34.3 Å². The van der Waals surface area contributed by atoms with Crippen LogP contribution in [0.2, 0.25) is 0 Å². The predicted octanol–water partition coefficient (Wildman–Crippen LogP) is 2.24. The van der Waals surface area contributed by atoms with Crippen molar-refractivity contribution in [1.29, 1.82) is 0 Å². The van der Waals surface area contributed by atoms with Crippen molar-refractivity contribution < 1.29 is 15.0 Å². The Hall–Kier alpha value is -2.30. The number of hydrogen-bond acceptors (Lipinski definition) is 4. The van der Waals surface area contributed by atoms with Crippen molar-refractivity contribution in [3.05, 3.63) is 30.5 Å². The van der Waals surface area contributed by atoms with Crippen LogP contribution in [0.3, 0.4) is 0 Å². The summed E-state index contributed by atoms with van der Waals surface area (Å²) in [4.78, 5) is 17.2. The van der Waals surface area contributed by atoms with Gasteiger partial charge in [-0.15, -0.1) is 0 Å². The third-order valence-corrected chi connectivity index (χ3v) is 3.53.